The molecular weight excluding hydrogens is 478 g/mol. The van der Waals surface area contributed by atoms with Crippen molar-refractivity contribution in [2.45, 2.75) is 18.4 Å². The minimum atomic E-state index is -1.12. The van der Waals surface area contributed by atoms with Crippen LogP contribution in [0.25, 0.3) is 33.2 Å². The Balaban J connectivity index is 1.10. The van der Waals surface area contributed by atoms with Gasteiger partial charge in [-0.25, -0.2) is 9.59 Å². The summed E-state index contributed by atoms with van der Waals surface area (Å²) in [5, 5.41) is 13.3. The van der Waals surface area contributed by atoms with E-state index in [0.29, 0.717) is 0 Å². The van der Waals surface area contributed by atoms with Gasteiger partial charge in [-0.3, -0.25) is 0 Å². The topological polar surface area (TPSA) is 88.8 Å². The van der Waals surface area contributed by atoms with Gasteiger partial charge in [-0.1, -0.05) is 84.9 Å². The molecule has 6 heteroatoms. The molecule has 38 heavy (non-hydrogen) atoms. The fourth-order valence-electron chi connectivity index (χ4n) is 5.19. The fraction of sp³-hybridized carbons (Fsp3) is 0.125. The number of rotatable bonds is 7. The van der Waals surface area contributed by atoms with Crippen molar-refractivity contribution in [3.63, 3.8) is 0 Å². The average Bonchev–Trinajstić information content (AvgIpc) is 3.54. The maximum Gasteiger partial charge on any atom is 0.407 e. The molecule has 0 spiro atoms. The van der Waals surface area contributed by atoms with Crippen LogP contribution in [0.4, 0.5) is 4.79 Å². The lowest BCUT2D eigenvalue weighted by atomic mass is 9.98. The van der Waals surface area contributed by atoms with Gasteiger partial charge >= 0.3 is 12.1 Å². The summed E-state index contributed by atoms with van der Waals surface area (Å²) in [5.74, 6) is -1.21. The number of carbonyl (C=O) groups excluding carboxylic acids is 1. The van der Waals surface area contributed by atoms with E-state index in [1.54, 1.807) is 6.26 Å². The van der Waals surface area contributed by atoms with Crippen LogP contribution in [0.1, 0.15) is 22.6 Å². The Morgan fingerprint density at radius 3 is 2.18 bits per heavy atom. The molecule has 0 aliphatic heterocycles. The van der Waals surface area contributed by atoms with Crippen LogP contribution >= 0.6 is 0 Å². The molecule has 0 radical (unpaired) electrons. The first-order valence-corrected chi connectivity index (χ1v) is 12.5. The molecule has 5 aromatic rings. The van der Waals surface area contributed by atoms with E-state index >= 15 is 0 Å². The number of nitrogens with one attached hydrogen (secondary N) is 1. The fourth-order valence-corrected chi connectivity index (χ4v) is 5.19. The van der Waals surface area contributed by atoms with E-state index in [0.717, 1.165) is 49.9 Å². The first kappa shape index (κ1) is 23.6. The number of carboxylic acid groups (broad SMARTS) is 1. The Kier molecular flexibility index (Phi) is 6.14. The molecule has 2 N–H and O–H groups in total. The van der Waals surface area contributed by atoms with Crippen LogP contribution in [-0.4, -0.2) is 29.8 Å². The SMILES string of the molecule is O=C(N[C@@H](Cc1ccc(-c2ccc3ccoc3c2)cc1)C(=O)O)OCC1c2ccccc2-c2ccccc21. The van der Waals surface area contributed by atoms with Crippen LogP contribution in [0.2, 0.25) is 0 Å². The zero-order valence-corrected chi connectivity index (χ0v) is 20.5. The number of amides is 1. The molecule has 0 fully saturated rings. The van der Waals surface area contributed by atoms with Crippen molar-refractivity contribution in [2.24, 2.45) is 0 Å². The summed E-state index contributed by atoms with van der Waals surface area (Å²) in [5.41, 5.74) is 8.06. The van der Waals surface area contributed by atoms with Crippen molar-refractivity contribution < 1.29 is 23.8 Å². The molecular formula is C32H25NO5. The summed E-state index contributed by atoms with van der Waals surface area (Å²) in [6.45, 7) is 0.126. The number of carboxylic acids is 1. The van der Waals surface area contributed by atoms with Gasteiger partial charge < -0.3 is 19.6 Å². The van der Waals surface area contributed by atoms with Crippen molar-refractivity contribution in [3.05, 3.63) is 120 Å². The second kappa shape index (κ2) is 9.90. The molecule has 1 aliphatic carbocycles. The van der Waals surface area contributed by atoms with Gasteiger partial charge in [-0.15, -0.1) is 0 Å². The van der Waals surface area contributed by atoms with Gasteiger partial charge in [-0.05, 0) is 51.1 Å². The maximum absolute atomic E-state index is 12.6. The maximum atomic E-state index is 12.6. The van der Waals surface area contributed by atoms with Crippen LogP contribution in [0, 0.1) is 0 Å². The lowest BCUT2D eigenvalue weighted by molar-refractivity contribution is -0.139. The zero-order valence-electron chi connectivity index (χ0n) is 20.5. The second-order valence-corrected chi connectivity index (χ2v) is 9.43. The van der Waals surface area contributed by atoms with Crippen molar-refractivity contribution >= 4 is 23.0 Å². The number of hydrogen-bond acceptors (Lipinski definition) is 4. The highest BCUT2D eigenvalue weighted by molar-refractivity contribution is 5.83. The van der Waals surface area contributed by atoms with Gasteiger partial charge in [-0.2, -0.15) is 0 Å². The highest BCUT2D eigenvalue weighted by atomic mass is 16.5. The normalized spacial score (nSPS) is 13.1. The molecule has 1 amide bonds. The van der Waals surface area contributed by atoms with Crippen molar-refractivity contribution in [3.8, 4) is 22.3 Å². The number of benzene rings is 4. The predicted molar refractivity (Wildman–Crippen MR) is 145 cm³/mol. The number of carbonyl (C=O) groups is 2. The van der Waals surface area contributed by atoms with Crippen molar-refractivity contribution in [1.82, 2.24) is 5.32 Å². The van der Waals surface area contributed by atoms with Gasteiger partial charge in [0.2, 0.25) is 0 Å². The lowest BCUT2D eigenvalue weighted by Gasteiger charge is -2.17. The molecule has 1 heterocycles. The van der Waals surface area contributed by atoms with Crippen LogP contribution in [0.15, 0.2) is 108 Å². The number of aliphatic carboxylic acids is 1. The molecule has 1 aromatic heterocycles. The Morgan fingerprint density at radius 2 is 1.50 bits per heavy atom. The quantitative estimate of drug-likeness (QED) is 0.260. The highest BCUT2D eigenvalue weighted by Gasteiger charge is 2.29. The van der Waals surface area contributed by atoms with E-state index in [4.69, 9.17) is 9.15 Å². The monoisotopic (exact) mass is 503 g/mol. The summed E-state index contributed by atoms with van der Waals surface area (Å²) in [6.07, 6.45) is 1.05. The van der Waals surface area contributed by atoms with Gasteiger partial charge in [0.15, 0.2) is 0 Å². The van der Waals surface area contributed by atoms with E-state index < -0.39 is 18.1 Å². The molecule has 4 aromatic carbocycles. The van der Waals surface area contributed by atoms with E-state index in [1.165, 1.54) is 0 Å². The number of furan rings is 1. The first-order chi connectivity index (χ1) is 18.6. The van der Waals surface area contributed by atoms with Gasteiger partial charge in [0.25, 0.3) is 0 Å². The molecule has 0 saturated carbocycles. The molecule has 6 nitrogen and oxygen atoms in total. The van der Waals surface area contributed by atoms with Crippen molar-refractivity contribution in [2.75, 3.05) is 6.61 Å². The third-order valence-corrected chi connectivity index (χ3v) is 7.12. The summed E-state index contributed by atoms with van der Waals surface area (Å²) in [6, 6.07) is 30.5. The number of fused-ring (bicyclic) bond motifs is 4. The molecule has 188 valence electrons. The minimum absolute atomic E-state index is 0.0932. The first-order valence-electron chi connectivity index (χ1n) is 12.5. The van der Waals surface area contributed by atoms with E-state index in [-0.39, 0.29) is 18.9 Å². The van der Waals surface area contributed by atoms with E-state index in [9.17, 15) is 14.7 Å². The van der Waals surface area contributed by atoms with Gasteiger partial charge in [0.05, 0.1) is 6.26 Å². The van der Waals surface area contributed by atoms with Gasteiger partial charge in [0, 0.05) is 17.7 Å². The second-order valence-electron chi connectivity index (χ2n) is 9.43. The standard InChI is InChI=1S/C32H25NO5/c34-31(35)29(17-20-9-11-21(12-10-20)23-14-13-22-15-16-37-30(22)18-23)33-32(36)38-19-28-26-7-3-1-5-24(26)25-6-2-4-8-27(25)28/h1-16,18,28-29H,17,19H2,(H,33,36)(H,34,35)/t29-/m0/s1. The highest BCUT2D eigenvalue weighted by Crippen LogP contribution is 2.44. The van der Waals surface area contributed by atoms with Gasteiger partial charge in [0.1, 0.15) is 18.2 Å². The predicted octanol–water partition coefficient (Wildman–Crippen LogP) is 6.63. The number of hydrogen-bond donors (Lipinski definition) is 2. The molecule has 0 bridgehead atoms. The average molecular weight is 504 g/mol. The number of alkyl carbamates (subject to hydrolysis) is 1. The third-order valence-electron chi connectivity index (χ3n) is 7.12. The Labute approximate surface area is 219 Å². The minimum Gasteiger partial charge on any atom is -0.480 e. The molecule has 0 saturated heterocycles. The van der Waals surface area contributed by atoms with Crippen LogP contribution in [0.5, 0.6) is 0 Å². The Morgan fingerprint density at radius 1 is 0.842 bits per heavy atom. The molecule has 6 rings (SSSR count). The van der Waals surface area contributed by atoms with E-state index in [1.807, 2.05) is 84.9 Å². The largest absolute Gasteiger partial charge is 0.480 e. The lowest BCUT2D eigenvalue weighted by Crippen LogP contribution is -2.42. The molecule has 0 unspecified atom stereocenters. The zero-order chi connectivity index (χ0) is 26.1. The molecule has 1 aliphatic rings. The Bertz CT molecular complexity index is 1590. The van der Waals surface area contributed by atoms with Crippen LogP contribution in [-0.2, 0) is 16.0 Å². The summed E-state index contributed by atoms with van der Waals surface area (Å²) >= 11 is 0. The Hall–Kier alpha value is -4.84. The molecule has 1 atom stereocenters. The summed E-state index contributed by atoms with van der Waals surface area (Å²) in [4.78, 5) is 24.6. The third kappa shape index (κ3) is 4.52. The smallest absolute Gasteiger partial charge is 0.407 e. The number of ether oxygens (including phenoxy) is 1. The summed E-state index contributed by atoms with van der Waals surface area (Å²) in [7, 11) is 0. The summed E-state index contributed by atoms with van der Waals surface area (Å²) < 4.78 is 11.0. The van der Waals surface area contributed by atoms with Crippen LogP contribution < -0.4 is 5.32 Å². The van der Waals surface area contributed by atoms with Crippen molar-refractivity contribution in [1.29, 1.82) is 0 Å². The van der Waals surface area contributed by atoms with E-state index in [2.05, 4.69) is 17.4 Å². The van der Waals surface area contributed by atoms with Crippen LogP contribution in [0.3, 0.4) is 0 Å².